The van der Waals surface area contributed by atoms with Crippen LogP contribution in [0.4, 0.5) is 0 Å². The summed E-state index contributed by atoms with van der Waals surface area (Å²) in [5.74, 6) is -0.916. The van der Waals surface area contributed by atoms with Gasteiger partial charge in [-0.05, 0) is 5.56 Å². The standard InChI is InChI=1S/C10H10ClNO3/c1-15-12-9(10(13)14)8-5-3-2-4-7(8)6-11/h2-5H,6H2,1H3,(H,13,14)/b12-9+. The summed E-state index contributed by atoms with van der Waals surface area (Å²) in [6.45, 7) is 0. The molecule has 0 aromatic heterocycles. The van der Waals surface area contributed by atoms with Crippen LogP contribution >= 0.6 is 11.6 Å². The molecule has 1 aromatic carbocycles. The number of halogens is 1. The molecule has 1 aromatic rings. The molecule has 0 saturated heterocycles. The van der Waals surface area contributed by atoms with Gasteiger partial charge in [0.15, 0.2) is 5.71 Å². The number of hydrogen-bond acceptors (Lipinski definition) is 3. The molecule has 0 atom stereocenters. The van der Waals surface area contributed by atoms with Gasteiger partial charge in [-0.25, -0.2) is 4.79 Å². The second kappa shape index (κ2) is 5.36. The lowest BCUT2D eigenvalue weighted by Gasteiger charge is -2.05. The highest BCUT2D eigenvalue weighted by Crippen LogP contribution is 2.13. The van der Waals surface area contributed by atoms with Crippen LogP contribution < -0.4 is 0 Å². The summed E-state index contributed by atoms with van der Waals surface area (Å²) in [7, 11) is 1.30. The number of nitrogens with zero attached hydrogens (tertiary/aromatic N) is 1. The summed E-state index contributed by atoms with van der Waals surface area (Å²) in [5, 5.41) is 12.4. The number of carboxylic acids is 1. The van der Waals surface area contributed by atoms with Gasteiger partial charge in [0.05, 0.1) is 0 Å². The molecule has 5 heteroatoms. The van der Waals surface area contributed by atoms with E-state index >= 15 is 0 Å². The van der Waals surface area contributed by atoms with Gasteiger partial charge in [0.25, 0.3) is 0 Å². The molecule has 4 nitrogen and oxygen atoms in total. The molecule has 0 radical (unpaired) electrons. The highest BCUT2D eigenvalue weighted by molar-refractivity contribution is 6.43. The van der Waals surface area contributed by atoms with Gasteiger partial charge >= 0.3 is 5.97 Å². The monoisotopic (exact) mass is 227 g/mol. The molecule has 0 saturated carbocycles. The Morgan fingerprint density at radius 2 is 2.20 bits per heavy atom. The Kier molecular flexibility index (Phi) is 4.12. The van der Waals surface area contributed by atoms with E-state index in [1.165, 1.54) is 7.11 Å². The van der Waals surface area contributed by atoms with Gasteiger partial charge in [0.2, 0.25) is 0 Å². The highest BCUT2D eigenvalue weighted by atomic mass is 35.5. The van der Waals surface area contributed by atoms with Crippen LogP contribution in [0.2, 0.25) is 0 Å². The summed E-state index contributed by atoms with van der Waals surface area (Å²) in [5.41, 5.74) is 1.04. The van der Waals surface area contributed by atoms with Crippen molar-refractivity contribution in [3.8, 4) is 0 Å². The topological polar surface area (TPSA) is 58.9 Å². The first-order valence-corrected chi connectivity index (χ1v) is 4.72. The Balaban J connectivity index is 3.22. The fourth-order valence-corrected chi connectivity index (χ4v) is 1.40. The Bertz CT molecular complexity index is 390. The van der Waals surface area contributed by atoms with E-state index in [-0.39, 0.29) is 11.6 Å². The number of hydrogen-bond donors (Lipinski definition) is 1. The fraction of sp³-hybridized carbons (Fsp3) is 0.200. The first-order valence-electron chi connectivity index (χ1n) is 4.19. The lowest BCUT2D eigenvalue weighted by molar-refractivity contribution is -0.129. The highest BCUT2D eigenvalue weighted by Gasteiger charge is 2.16. The lowest BCUT2D eigenvalue weighted by Crippen LogP contribution is -2.16. The van der Waals surface area contributed by atoms with E-state index in [0.29, 0.717) is 11.1 Å². The minimum Gasteiger partial charge on any atom is -0.476 e. The van der Waals surface area contributed by atoms with Gasteiger partial charge in [0, 0.05) is 11.4 Å². The number of oxime groups is 1. The molecule has 0 fully saturated rings. The average Bonchev–Trinajstić information content (AvgIpc) is 2.25. The second-order valence-electron chi connectivity index (χ2n) is 2.72. The number of aliphatic carboxylic acids is 1. The summed E-state index contributed by atoms with van der Waals surface area (Å²) in [6, 6.07) is 6.90. The van der Waals surface area contributed by atoms with Crippen molar-refractivity contribution in [2.45, 2.75) is 5.88 Å². The van der Waals surface area contributed by atoms with E-state index < -0.39 is 5.97 Å². The molecule has 0 aliphatic rings. The lowest BCUT2D eigenvalue weighted by atomic mass is 10.0. The summed E-state index contributed by atoms with van der Waals surface area (Å²) in [6.07, 6.45) is 0. The van der Waals surface area contributed by atoms with E-state index in [1.54, 1.807) is 24.3 Å². The maximum atomic E-state index is 10.9. The van der Waals surface area contributed by atoms with Crippen molar-refractivity contribution in [1.82, 2.24) is 0 Å². The van der Waals surface area contributed by atoms with Gasteiger partial charge < -0.3 is 9.94 Å². The Hall–Kier alpha value is -1.55. The number of carbonyl (C=O) groups is 1. The first-order chi connectivity index (χ1) is 7.20. The zero-order valence-corrected chi connectivity index (χ0v) is 8.86. The summed E-state index contributed by atoms with van der Waals surface area (Å²) in [4.78, 5) is 15.4. The van der Waals surface area contributed by atoms with Crippen LogP contribution in [0.25, 0.3) is 0 Å². The molecule has 15 heavy (non-hydrogen) atoms. The van der Waals surface area contributed by atoms with Crippen LogP contribution in [0.3, 0.4) is 0 Å². The Morgan fingerprint density at radius 3 is 2.73 bits per heavy atom. The van der Waals surface area contributed by atoms with Crippen molar-refractivity contribution >= 4 is 23.3 Å². The molecule has 0 unspecified atom stereocenters. The van der Waals surface area contributed by atoms with E-state index in [2.05, 4.69) is 9.99 Å². The SMILES string of the molecule is CO/N=C(/C(=O)O)c1ccccc1CCl. The summed E-state index contributed by atoms with van der Waals surface area (Å²) >= 11 is 5.69. The molecule has 0 bridgehead atoms. The van der Waals surface area contributed by atoms with Crippen LogP contribution in [-0.2, 0) is 15.5 Å². The molecule has 1 N–H and O–H groups in total. The van der Waals surface area contributed by atoms with Crippen molar-refractivity contribution in [2.24, 2.45) is 5.16 Å². The zero-order chi connectivity index (χ0) is 11.3. The third-order valence-electron chi connectivity index (χ3n) is 1.80. The van der Waals surface area contributed by atoms with Crippen molar-refractivity contribution in [3.63, 3.8) is 0 Å². The molecule has 1 rings (SSSR count). The van der Waals surface area contributed by atoms with Gasteiger partial charge in [-0.1, -0.05) is 29.4 Å². The van der Waals surface area contributed by atoms with Crippen LogP contribution in [0.5, 0.6) is 0 Å². The van der Waals surface area contributed by atoms with Crippen LogP contribution in [0, 0.1) is 0 Å². The quantitative estimate of drug-likeness (QED) is 0.485. The maximum absolute atomic E-state index is 10.9. The molecule has 0 spiro atoms. The van der Waals surface area contributed by atoms with E-state index in [0.717, 1.165) is 0 Å². The van der Waals surface area contributed by atoms with Crippen molar-refractivity contribution in [2.75, 3.05) is 7.11 Å². The average molecular weight is 228 g/mol. The number of rotatable bonds is 4. The third-order valence-corrected chi connectivity index (χ3v) is 2.09. The Morgan fingerprint density at radius 1 is 1.53 bits per heavy atom. The van der Waals surface area contributed by atoms with Crippen LogP contribution in [-0.4, -0.2) is 23.9 Å². The smallest absolute Gasteiger partial charge is 0.358 e. The number of alkyl halides is 1. The molecular weight excluding hydrogens is 218 g/mol. The van der Waals surface area contributed by atoms with Crippen molar-refractivity contribution < 1.29 is 14.7 Å². The molecule has 0 amide bonds. The van der Waals surface area contributed by atoms with Gasteiger partial charge in [-0.2, -0.15) is 0 Å². The van der Waals surface area contributed by atoms with Crippen molar-refractivity contribution in [3.05, 3.63) is 35.4 Å². The van der Waals surface area contributed by atoms with Crippen LogP contribution in [0.15, 0.2) is 29.4 Å². The van der Waals surface area contributed by atoms with Gasteiger partial charge in [0.1, 0.15) is 7.11 Å². The predicted molar refractivity (Wildman–Crippen MR) is 57.2 cm³/mol. The second-order valence-corrected chi connectivity index (χ2v) is 2.99. The zero-order valence-electron chi connectivity index (χ0n) is 8.11. The summed E-state index contributed by atoms with van der Waals surface area (Å²) < 4.78 is 0. The first kappa shape index (κ1) is 11.5. The van der Waals surface area contributed by atoms with E-state index in [1.807, 2.05) is 0 Å². The predicted octanol–water partition coefficient (Wildman–Crippen LogP) is 1.86. The minimum absolute atomic E-state index is 0.145. The van der Waals surface area contributed by atoms with E-state index in [9.17, 15) is 4.79 Å². The fourth-order valence-electron chi connectivity index (χ4n) is 1.16. The van der Waals surface area contributed by atoms with Gasteiger partial charge in [-0.15, -0.1) is 11.6 Å². The molecular formula is C10H10ClNO3. The number of carboxylic acid groups (broad SMARTS) is 1. The largest absolute Gasteiger partial charge is 0.476 e. The van der Waals surface area contributed by atoms with Crippen LogP contribution in [0.1, 0.15) is 11.1 Å². The van der Waals surface area contributed by atoms with E-state index in [4.69, 9.17) is 16.7 Å². The maximum Gasteiger partial charge on any atom is 0.358 e. The minimum atomic E-state index is -1.14. The van der Waals surface area contributed by atoms with Crippen molar-refractivity contribution in [1.29, 1.82) is 0 Å². The molecule has 0 aliphatic heterocycles. The molecule has 0 heterocycles. The number of benzene rings is 1. The normalized spacial score (nSPS) is 11.2. The third kappa shape index (κ3) is 2.70. The van der Waals surface area contributed by atoms with Gasteiger partial charge in [-0.3, -0.25) is 0 Å². The molecule has 0 aliphatic carbocycles. The molecule has 80 valence electrons. The Labute approximate surface area is 92.1 Å².